The fraction of sp³-hybridized carbons (Fsp3) is 0.278. The van der Waals surface area contributed by atoms with E-state index in [9.17, 15) is 10.1 Å². The van der Waals surface area contributed by atoms with Gasteiger partial charge in [0.1, 0.15) is 5.75 Å². The Morgan fingerprint density at radius 3 is 2.96 bits per heavy atom. The maximum atomic E-state index is 11.2. The summed E-state index contributed by atoms with van der Waals surface area (Å²) in [6.07, 6.45) is 7.00. The van der Waals surface area contributed by atoms with Gasteiger partial charge < -0.3 is 10.1 Å². The van der Waals surface area contributed by atoms with Crippen LogP contribution in [0.2, 0.25) is 0 Å². The van der Waals surface area contributed by atoms with Crippen molar-refractivity contribution in [3.63, 3.8) is 0 Å². The van der Waals surface area contributed by atoms with Crippen LogP contribution in [-0.2, 0) is 0 Å². The first-order valence-corrected chi connectivity index (χ1v) is 7.89. The number of pyridine rings is 1. The molecule has 3 atom stereocenters. The largest absolute Gasteiger partial charge is 0.494 e. The van der Waals surface area contributed by atoms with Crippen molar-refractivity contribution in [3.8, 4) is 5.75 Å². The second kappa shape index (κ2) is 5.63. The molecule has 1 aliphatic heterocycles. The Kier molecular flexibility index (Phi) is 3.45. The molecule has 122 valence electrons. The molecule has 1 aliphatic carbocycles. The lowest BCUT2D eigenvalue weighted by molar-refractivity contribution is -0.385. The van der Waals surface area contributed by atoms with Crippen LogP contribution in [0.4, 0.5) is 11.4 Å². The smallest absolute Gasteiger partial charge is 0.273 e. The normalized spacial score (nSPS) is 24.0. The monoisotopic (exact) mass is 323 g/mol. The number of non-ortho nitro benzene ring substituents is 1. The van der Waals surface area contributed by atoms with E-state index in [-0.39, 0.29) is 22.6 Å². The zero-order chi connectivity index (χ0) is 16.7. The van der Waals surface area contributed by atoms with Gasteiger partial charge in [0, 0.05) is 18.2 Å². The molecule has 24 heavy (non-hydrogen) atoms. The molecule has 1 aromatic carbocycles. The SMILES string of the molecule is COc1cc([N+](=O)[O-])cc2c1N[C@H](c1ccccn1)[C@@H]1CC=C[C@@H]21. The number of benzene rings is 1. The first-order chi connectivity index (χ1) is 11.7. The third-order valence-electron chi connectivity index (χ3n) is 4.85. The van der Waals surface area contributed by atoms with Crippen LogP contribution in [0.25, 0.3) is 0 Å². The molecule has 2 aromatic rings. The Bertz CT molecular complexity index is 820. The highest BCUT2D eigenvalue weighted by Gasteiger charge is 2.40. The maximum absolute atomic E-state index is 11.2. The molecule has 0 saturated heterocycles. The van der Waals surface area contributed by atoms with Crippen LogP contribution < -0.4 is 10.1 Å². The number of aromatic nitrogens is 1. The summed E-state index contributed by atoms with van der Waals surface area (Å²) in [5.41, 5.74) is 2.78. The highest BCUT2D eigenvalue weighted by molar-refractivity contribution is 5.70. The third kappa shape index (κ3) is 2.22. The maximum Gasteiger partial charge on any atom is 0.273 e. The van der Waals surface area contributed by atoms with E-state index in [1.807, 2.05) is 18.2 Å². The Morgan fingerprint density at radius 2 is 2.25 bits per heavy atom. The Labute approximate surface area is 139 Å². The second-order valence-corrected chi connectivity index (χ2v) is 6.10. The summed E-state index contributed by atoms with van der Waals surface area (Å²) in [4.78, 5) is 15.4. The molecule has 0 bridgehead atoms. The van der Waals surface area contributed by atoms with E-state index in [2.05, 4.69) is 22.5 Å². The number of nitro benzene ring substituents is 1. The number of hydrogen-bond donors (Lipinski definition) is 1. The lowest BCUT2D eigenvalue weighted by Gasteiger charge is -2.37. The molecule has 0 saturated carbocycles. The molecule has 1 N–H and O–H groups in total. The number of nitrogens with one attached hydrogen (secondary N) is 1. The predicted molar refractivity (Wildman–Crippen MR) is 90.2 cm³/mol. The number of allylic oxidation sites excluding steroid dienone is 2. The standard InChI is InChI=1S/C18H17N3O3/c1-24-16-10-11(21(22)23)9-14-12-5-4-6-13(12)17(20-18(14)16)15-7-2-3-8-19-15/h2-5,7-10,12-13,17,20H,6H2,1H3/t12-,13-,17+/m1/s1. The van der Waals surface area contributed by atoms with E-state index < -0.39 is 0 Å². The summed E-state index contributed by atoms with van der Waals surface area (Å²) in [7, 11) is 1.54. The summed E-state index contributed by atoms with van der Waals surface area (Å²) in [5, 5.41) is 14.8. The fourth-order valence-electron chi connectivity index (χ4n) is 3.77. The van der Waals surface area contributed by atoms with Gasteiger partial charge in [-0.3, -0.25) is 15.1 Å². The summed E-state index contributed by atoms with van der Waals surface area (Å²) in [5.74, 6) is 0.917. The van der Waals surface area contributed by atoms with E-state index in [4.69, 9.17) is 4.74 Å². The minimum Gasteiger partial charge on any atom is -0.494 e. The minimum atomic E-state index is -0.374. The van der Waals surface area contributed by atoms with Crippen molar-refractivity contribution in [3.05, 3.63) is 70.1 Å². The number of anilines is 1. The molecule has 0 fully saturated rings. The summed E-state index contributed by atoms with van der Waals surface area (Å²) in [6, 6.07) is 9.07. The molecule has 0 unspecified atom stereocenters. The molecular formula is C18H17N3O3. The zero-order valence-corrected chi connectivity index (χ0v) is 13.2. The van der Waals surface area contributed by atoms with E-state index in [1.165, 1.54) is 13.2 Å². The first kappa shape index (κ1) is 14.7. The van der Waals surface area contributed by atoms with Crippen LogP contribution in [0, 0.1) is 16.0 Å². The molecule has 0 radical (unpaired) electrons. The highest BCUT2D eigenvalue weighted by atomic mass is 16.6. The molecule has 0 spiro atoms. The molecule has 6 heteroatoms. The number of nitro groups is 1. The lowest BCUT2D eigenvalue weighted by Crippen LogP contribution is -2.30. The van der Waals surface area contributed by atoms with Crippen LogP contribution in [0.3, 0.4) is 0 Å². The highest BCUT2D eigenvalue weighted by Crippen LogP contribution is 2.52. The zero-order valence-electron chi connectivity index (χ0n) is 13.2. The van der Waals surface area contributed by atoms with Gasteiger partial charge in [0.25, 0.3) is 5.69 Å². The average molecular weight is 323 g/mol. The van der Waals surface area contributed by atoms with Crippen molar-refractivity contribution in [2.45, 2.75) is 18.4 Å². The molecule has 1 aromatic heterocycles. The number of methoxy groups -OCH3 is 1. The minimum absolute atomic E-state index is 0.0501. The van der Waals surface area contributed by atoms with Crippen LogP contribution in [0.5, 0.6) is 5.75 Å². The summed E-state index contributed by atoms with van der Waals surface area (Å²) >= 11 is 0. The molecule has 0 amide bonds. The van der Waals surface area contributed by atoms with Crippen LogP contribution in [0.1, 0.15) is 29.6 Å². The van der Waals surface area contributed by atoms with Crippen molar-refractivity contribution in [2.75, 3.05) is 12.4 Å². The van der Waals surface area contributed by atoms with Crippen LogP contribution in [-0.4, -0.2) is 17.0 Å². The second-order valence-electron chi connectivity index (χ2n) is 6.10. The Balaban J connectivity index is 1.86. The Hall–Kier alpha value is -2.89. The molecule has 2 aliphatic rings. The molecular weight excluding hydrogens is 306 g/mol. The van der Waals surface area contributed by atoms with Gasteiger partial charge in [-0.2, -0.15) is 0 Å². The first-order valence-electron chi connectivity index (χ1n) is 7.89. The van der Waals surface area contributed by atoms with Crippen molar-refractivity contribution in [1.82, 2.24) is 4.98 Å². The summed E-state index contributed by atoms with van der Waals surface area (Å²) < 4.78 is 5.42. The number of fused-ring (bicyclic) bond motifs is 3. The van der Waals surface area contributed by atoms with E-state index >= 15 is 0 Å². The van der Waals surface area contributed by atoms with E-state index in [0.717, 1.165) is 23.4 Å². The number of rotatable bonds is 3. The van der Waals surface area contributed by atoms with Crippen molar-refractivity contribution in [1.29, 1.82) is 0 Å². The summed E-state index contributed by atoms with van der Waals surface area (Å²) in [6.45, 7) is 0. The van der Waals surface area contributed by atoms with E-state index in [1.54, 1.807) is 12.3 Å². The number of nitrogens with zero attached hydrogens (tertiary/aromatic N) is 2. The predicted octanol–water partition coefficient (Wildman–Crippen LogP) is 3.82. The van der Waals surface area contributed by atoms with Crippen LogP contribution in [0.15, 0.2) is 48.7 Å². The van der Waals surface area contributed by atoms with Crippen molar-refractivity contribution in [2.24, 2.45) is 5.92 Å². The molecule has 4 rings (SSSR count). The van der Waals surface area contributed by atoms with Gasteiger partial charge in [-0.15, -0.1) is 0 Å². The molecule has 2 heterocycles. The molecule has 6 nitrogen and oxygen atoms in total. The third-order valence-corrected chi connectivity index (χ3v) is 4.85. The quantitative estimate of drug-likeness (QED) is 0.528. The number of hydrogen-bond acceptors (Lipinski definition) is 5. The van der Waals surface area contributed by atoms with Crippen molar-refractivity contribution < 1.29 is 9.66 Å². The average Bonchev–Trinajstić information content (AvgIpc) is 3.10. The van der Waals surface area contributed by atoms with Gasteiger partial charge in [0.05, 0.1) is 35.5 Å². The van der Waals surface area contributed by atoms with Gasteiger partial charge in [0.15, 0.2) is 0 Å². The fourth-order valence-corrected chi connectivity index (χ4v) is 3.77. The van der Waals surface area contributed by atoms with Gasteiger partial charge >= 0.3 is 0 Å². The lowest BCUT2D eigenvalue weighted by atomic mass is 9.78. The van der Waals surface area contributed by atoms with Gasteiger partial charge in [-0.05, 0) is 30.0 Å². The van der Waals surface area contributed by atoms with Crippen LogP contribution >= 0.6 is 0 Å². The Morgan fingerprint density at radius 1 is 1.38 bits per heavy atom. The van der Waals surface area contributed by atoms with E-state index in [0.29, 0.717) is 11.7 Å². The number of ether oxygens (including phenoxy) is 1. The van der Waals surface area contributed by atoms with Gasteiger partial charge in [-0.1, -0.05) is 18.2 Å². The van der Waals surface area contributed by atoms with Gasteiger partial charge in [-0.25, -0.2) is 0 Å². The van der Waals surface area contributed by atoms with Gasteiger partial charge in [0.2, 0.25) is 0 Å². The topological polar surface area (TPSA) is 77.3 Å². The van der Waals surface area contributed by atoms with Crippen molar-refractivity contribution >= 4 is 11.4 Å².